The number of aromatic amines is 1. The Bertz CT molecular complexity index is 1090. The molecule has 1 aliphatic rings. The van der Waals surface area contributed by atoms with Gasteiger partial charge in [-0.05, 0) is 80.0 Å². The highest BCUT2D eigenvalue weighted by molar-refractivity contribution is 7.99. The lowest BCUT2D eigenvalue weighted by Crippen LogP contribution is -2.37. The summed E-state index contributed by atoms with van der Waals surface area (Å²) >= 11 is 1.69. The minimum atomic E-state index is -3.37. The van der Waals surface area contributed by atoms with Crippen molar-refractivity contribution in [2.45, 2.75) is 50.1 Å². The monoisotopic (exact) mass is 443 g/mol. The highest BCUT2D eigenvalue weighted by Crippen LogP contribution is 2.25. The van der Waals surface area contributed by atoms with Gasteiger partial charge in [0.15, 0.2) is 5.16 Å². The summed E-state index contributed by atoms with van der Waals surface area (Å²) in [5.74, 6) is 1.49. The minimum Gasteiger partial charge on any atom is -0.333 e. The maximum Gasteiger partial charge on any atom is 0.243 e. The number of hydrogen-bond donors (Lipinski definition) is 1. The highest BCUT2D eigenvalue weighted by Gasteiger charge is 2.27. The molecule has 0 radical (unpaired) electrons. The van der Waals surface area contributed by atoms with Gasteiger partial charge in [-0.1, -0.05) is 30.8 Å². The Hall–Kier alpha value is -1.83. The van der Waals surface area contributed by atoms with E-state index >= 15 is 0 Å². The molecule has 160 valence electrons. The summed E-state index contributed by atoms with van der Waals surface area (Å²) in [5.41, 5.74) is 5.72. The van der Waals surface area contributed by atoms with E-state index in [2.05, 4.69) is 42.9 Å². The SMILES string of the molecule is Cc1cc2nc(SCCc3ccc(S(=O)(=O)N4CCC(C)CC4)cc3)[nH]c2cc1C. The van der Waals surface area contributed by atoms with E-state index in [9.17, 15) is 8.42 Å². The number of sulfonamides is 1. The molecule has 0 bridgehead atoms. The molecule has 1 aromatic heterocycles. The smallest absolute Gasteiger partial charge is 0.243 e. The number of nitrogens with zero attached hydrogens (tertiary/aromatic N) is 2. The molecule has 3 aromatic rings. The molecule has 0 aliphatic carbocycles. The van der Waals surface area contributed by atoms with Gasteiger partial charge in [-0.25, -0.2) is 13.4 Å². The van der Waals surface area contributed by atoms with Crippen LogP contribution in [0.4, 0.5) is 0 Å². The largest absolute Gasteiger partial charge is 0.333 e. The molecule has 4 rings (SSSR count). The fraction of sp³-hybridized carbons (Fsp3) is 0.435. The van der Waals surface area contributed by atoms with Crippen LogP contribution in [0.1, 0.15) is 36.5 Å². The molecule has 2 heterocycles. The van der Waals surface area contributed by atoms with Crippen molar-refractivity contribution in [3.05, 3.63) is 53.1 Å². The number of imidazole rings is 1. The van der Waals surface area contributed by atoms with Crippen LogP contribution in [-0.2, 0) is 16.4 Å². The summed E-state index contributed by atoms with van der Waals surface area (Å²) in [4.78, 5) is 8.46. The second-order valence-electron chi connectivity index (χ2n) is 8.32. The molecule has 30 heavy (non-hydrogen) atoms. The number of fused-ring (bicyclic) bond motifs is 1. The second kappa shape index (κ2) is 8.73. The van der Waals surface area contributed by atoms with Crippen molar-refractivity contribution in [2.24, 2.45) is 5.92 Å². The van der Waals surface area contributed by atoms with Crippen molar-refractivity contribution in [1.29, 1.82) is 0 Å². The number of nitrogens with one attached hydrogen (secondary N) is 1. The van der Waals surface area contributed by atoms with Gasteiger partial charge in [-0.3, -0.25) is 0 Å². The fourth-order valence-corrected chi connectivity index (χ4v) is 6.13. The van der Waals surface area contributed by atoms with Gasteiger partial charge in [0.05, 0.1) is 15.9 Å². The second-order valence-corrected chi connectivity index (χ2v) is 11.3. The van der Waals surface area contributed by atoms with Crippen LogP contribution in [0.3, 0.4) is 0 Å². The van der Waals surface area contributed by atoms with Gasteiger partial charge in [0, 0.05) is 18.8 Å². The number of hydrogen-bond acceptors (Lipinski definition) is 4. The molecule has 7 heteroatoms. The van der Waals surface area contributed by atoms with Gasteiger partial charge >= 0.3 is 0 Å². The van der Waals surface area contributed by atoms with Gasteiger partial charge < -0.3 is 4.98 Å². The number of H-pyrrole nitrogens is 1. The molecule has 0 atom stereocenters. The number of aromatic nitrogens is 2. The predicted molar refractivity (Wildman–Crippen MR) is 124 cm³/mol. The van der Waals surface area contributed by atoms with Crippen LogP contribution in [0.25, 0.3) is 11.0 Å². The highest BCUT2D eigenvalue weighted by atomic mass is 32.2. The van der Waals surface area contributed by atoms with Crippen molar-refractivity contribution in [3.63, 3.8) is 0 Å². The zero-order valence-electron chi connectivity index (χ0n) is 17.8. The van der Waals surface area contributed by atoms with Crippen LogP contribution in [0, 0.1) is 19.8 Å². The maximum atomic E-state index is 12.8. The van der Waals surface area contributed by atoms with E-state index in [-0.39, 0.29) is 0 Å². The van der Waals surface area contributed by atoms with E-state index in [4.69, 9.17) is 0 Å². The fourth-order valence-electron chi connectivity index (χ4n) is 3.78. The summed E-state index contributed by atoms with van der Waals surface area (Å²) in [5, 5.41) is 0.925. The first-order valence-corrected chi connectivity index (χ1v) is 12.9. The first-order chi connectivity index (χ1) is 14.3. The lowest BCUT2D eigenvalue weighted by atomic mass is 10.0. The Balaban J connectivity index is 1.36. The van der Waals surface area contributed by atoms with E-state index in [1.54, 1.807) is 28.2 Å². The quantitative estimate of drug-likeness (QED) is 0.548. The molecular formula is C23H29N3O2S2. The minimum absolute atomic E-state index is 0.400. The summed E-state index contributed by atoms with van der Waals surface area (Å²) in [6, 6.07) is 11.6. The summed E-state index contributed by atoms with van der Waals surface area (Å²) in [6.45, 7) is 7.64. The number of thioether (sulfide) groups is 1. The third-order valence-corrected chi connectivity index (χ3v) is 8.80. The first-order valence-electron chi connectivity index (χ1n) is 10.5. The summed E-state index contributed by atoms with van der Waals surface area (Å²) in [6.07, 6.45) is 2.74. The third-order valence-electron chi connectivity index (χ3n) is 6.01. The number of rotatable bonds is 6. The Morgan fingerprint density at radius 3 is 2.47 bits per heavy atom. The van der Waals surface area contributed by atoms with Crippen molar-refractivity contribution in [3.8, 4) is 0 Å². The van der Waals surface area contributed by atoms with Gasteiger partial charge in [-0.2, -0.15) is 4.31 Å². The predicted octanol–water partition coefficient (Wildman–Crippen LogP) is 4.94. The maximum absolute atomic E-state index is 12.8. The summed E-state index contributed by atoms with van der Waals surface area (Å²) in [7, 11) is -3.37. The molecule has 1 N–H and O–H groups in total. The molecule has 1 aliphatic heterocycles. The van der Waals surface area contributed by atoms with Crippen LogP contribution in [0.5, 0.6) is 0 Å². The van der Waals surface area contributed by atoms with E-state index in [1.807, 2.05) is 12.1 Å². The van der Waals surface area contributed by atoms with Crippen LogP contribution >= 0.6 is 11.8 Å². The molecule has 0 amide bonds. The molecule has 0 saturated carbocycles. The van der Waals surface area contributed by atoms with Crippen molar-refractivity contribution in [2.75, 3.05) is 18.8 Å². The van der Waals surface area contributed by atoms with Crippen molar-refractivity contribution in [1.82, 2.24) is 14.3 Å². The molecule has 5 nitrogen and oxygen atoms in total. The van der Waals surface area contributed by atoms with Crippen LogP contribution in [0.2, 0.25) is 0 Å². The molecule has 1 fully saturated rings. The van der Waals surface area contributed by atoms with Gasteiger partial charge in [0.2, 0.25) is 10.0 Å². The number of benzene rings is 2. The Morgan fingerprint density at radius 2 is 1.77 bits per heavy atom. The average molecular weight is 444 g/mol. The van der Waals surface area contributed by atoms with Gasteiger partial charge in [0.25, 0.3) is 0 Å². The summed E-state index contributed by atoms with van der Waals surface area (Å²) < 4.78 is 27.3. The molecule has 1 saturated heterocycles. The standard InChI is InChI=1S/C23H29N3O2S2/c1-16-8-11-26(12-9-16)30(27,28)20-6-4-19(5-7-20)10-13-29-23-24-21-14-17(2)18(3)15-22(21)25-23/h4-7,14-16H,8-13H2,1-3H3,(H,24,25). The molecule has 2 aromatic carbocycles. The van der Waals surface area contributed by atoms with E-state index in [0.717, 1.165) is 46.8 Å². The van der Waals surface area contributed by atoms with Crippen molar-refractivity contribution >= 4 is 32.8 Å². The van der Waals surface area contributed by atoms with E-state index in [0.29, 0.717) is 23.9 Å². The lowest BCUT2D eigenvalue weighted by molar-refractivity contribution is 0.288. The molecular weight excluding hydrogens is 414 g/mol. The average Bonchev–Trinajstić information content (AvgIpc) is 3.10. The normalized spacial score (nSPS) is 16.4. The Kier molecular flexibility index (Phi) is 6.23. The third kappa shape index (κ3) is 4.58. The van der Waals surface area contributed by atoms with Gasteiger partial charge in [0.1, 0.15) is 0 Å². The zero-order chi connectivity index (χ0) is 21.3. The van der Waals surface area contributed by atoms with Gasteiger partial charge in [-0.15, -0.1) is 0 Å². The van der Waals surface area contributed by atoms with Crippen molar-refractivity contribution < 1.29 is 8.42 Å². The molecule has 0 unspecified atom stereocenters. The topological polar surface area (TPSA) is 66.1 Å². The zero-order valence-corrected chi connectivity index (χ0v) is 19.4. The lowest BCUT2D eigenvalue weighted by Gasteiger charge is -2.29. The van der Waals surface area contributed by atoms with E-state index in [1.165, 1.54) is 11.1 Å². The number of piperidine rings is 1. The Labute approximate surface area is 183 Å². The van der Waals surface area contributed by atoms with Crippen LogP contribution < -0.4 is 0 Å². The Morgan fingerprint density at radius 1 is 1.10 bits per heavy atom. The first kappa shape index (κ1) is 21.4. The molecule has 0 spiro atoms. The van der Waals surface area contributed by atoms with Crippen LogP contribution in [0.15, 0.2) is 46.5 Å². The van der Waals surface area contributed by atoms with Crippen LogP contribution in [-0.4, -0.2) is 41.5 Å². The number of aryl methyl sites for hydroxylation is 3. The van der Waals surface area contributed by atoms with E-state index < -0.39 is 10.0 Å².